The van der Waals surface area contributed by atoms with Crippen molar-refractivity contribution in [2.75, 3.05) is 13.7 Å². The number of methoxy groups -OCH3 is 1. The van der Waals surface area contributed by atoms with Gasteiger partial charge < -0.3 is 9.47 Å². The van der Waals surface area contributed by atoms with Gasteiger partial charge in [-0.25, -0.2) is 0 Å². The molecule has 1 aromatic carbocycles. The Balaban J connectivity index is 2.77. The van der Waals surface area contributed by atoms with Crippen LogP contribution in [-0.4, -0.2) is 20.0 Å². The predicted octanol–water partition coefficient (Wildman–Crippen LogP) is 3.09. The van der Waals surface area contributed by atoms with Crippen molar-refractivity contribution >= 4 is 12.4 Å². The number of aldehydes is 1. The van der Waals surface area contributed by atoms with E-state index in [2.05, 4.69) is 6.92 Å². The van der Waals surface area contributed by atoms with Crippen molar-refractivity contribution < 1.29 is 14.3 Å². The number of hydrogen-bond acceptors (Lipinski definition) is 3. The van der Waals surface area contributed by atoms with Crippen LogP contribution in [0, 0.1) is 0 Å². The molecule has 0 heterocycles. The molecule has 92 valence electrons. The number of benzene rings is 1. The third-order valence-corrected chi connectivity index (χ3v) is 2.31. The van der Waals surface area contributed by atoms with E-state index in [4.69, 9.17) is 9.47 Å². The molecule has 0 fully saturated rings. The summed E-state index contributed by atoms with van der Waals surface area (Å²) < 4.78 is 10.9. The van der Waals surface area contributed by atoms with E-state index in [-0.39, 0.29) is 0 Å². The fourth-order valence-electron chi connectivity index (χ4n) is 1.38. The van der Waals surface area contributed by atoms with E-state index in [0.29, 0.717) is 12.4 Å². The van der Waals surface area contributed by atoms with Gasteiger partial charge in [-0.3, -0.25) is 4.79 Å². The molecule has 0 saturated carbocycles. The SMILES string of the molecule is CCCCOc1ccc(/C=C/C=O)cc1OC. The Hall–Kier alpha value is -1.77. The lowest BCUT2D eigenvalue weighted by Gasteiger charge is -2.10. The molecule has 0 bridgehead atoms. The van der Waals surface area contributed by atoms with Crippen molar-refractivity contribution in [1.82, 2.24) is 0 Å². The van der Waals surface area contributed by atoms with E-state index >= 15 is 0 Å². The van der Waals surface area contributed by atoms with Gasteiger partial charge in [0.15, 0.2) is 11.5 Å². The van der Waals surface area contributed by atoms with E-state index in [1.165, 1.54) is 6.08 Å². The van der Waals surface area contributed by atoms with Gasteiger partial charge in [0.05, 0.1) is 13.7 Å². The van der Waals surface area contributed by atoms with E-state index in [1.54, 1.807) is 13.2 Å². The molecule has 0 aliphatic heterocycles. The number of carbonyl (C=O) groups is 1. The molecule has 0 saturated heterocycles. The second-order valence-electron chi connectivity index (χ2n) is 3.61. The Morgan fingerprint density at radius 2 is 2.12 bits per heavy atom. The minimum Gasteiger partial charge on any atom is -0.493 e. The molecule has 1 rings (SSSR count). The van der Waals surface area contributed by atoms with Crippen LogP contribution in [0.25, 0.3) is 6.08 Å². The standard InChI is InChI=1S/C14H18O3/c1-3-4-10-17-13-8-7-12(6-5-9-15)11-14(13)16-2/h5-9,11H,3-4,10H2,1-2H3/b6-5+. The molecule has 0 amide bonds. The highest BCUT2D eigenvalue weighted by Gasteiger charge is 2.04. The van der Waals surface area contributed by atoms with Crippen LogP contribution in [0.1, 0.15) is 25.3 Å². The molecule has 0 aliphatic carbocycles. The topological polar surface area (TPSA) is 35.5 Å². The third kappa shape index (κ3) is 4.31. The van der Waals surface area contributed by atoms with Crippen LogP contribution in [0.15, 0.2) is 24.3 Å². The van der Waals surface area contributed by atoms with Crippen LogP contribution >= 0.6 is 0 Å². The smallest absolute Gasteiger partial charge is 0.161 e. The highest BCUT2D eigenvalue weighted by Crippen LogP contribution is 2.28. The second kappa shape index (κ2) is 7.49. The van der Waals surface area contributed by atoms with Gasteiger partial charge in [-0.1, -0.05) is 25.5 Å². The average Bonchev–Trinajstić information content (AvgIpc) is 2.37. The fourth-order valence-corrected chi connectivity index (χ4v) is 1.38. The number of ether oxygens (including phenoxy) is 2. The van der Waals surface area contributed by atoms with Gasteiger partial charge in [0, 0.05) is 0 Å². The maximum atomic E-state index is 10.2. The van der Waals surface area contributed by atoms with Gasteiger partial charge in [0.1, 0.15) is 6.29 Å². The summed E-state index contributed by atoms with van der Waals surface area (Å²) in [6, 6.07) is 5.60. The van der Waals surface area contributed by atoms with Gasteiger partial charge in [0.25, 0.3) is 0 Å². The highest BCUT2D eigenvalue weighted by molar-refractivity contribution is 5.74. The zero-order valence-electron chi connectivity index (χ0n) is 10.3. The summed E-state index contributed by atoms with van der Waals surface area (Å²) in [5, 5.41) is 0. The lowest BCUT2D eigenvalue weighted by atomic mass is 10.2. The van der Waals surface area contributed by atoms with Gasteiger partial charge >= 0.3 is 0 Å². The van der Waals surface area contributed by atoms with Gasteiger partial charge in [-0.15, -0.1) is 0 Å². The highest BCUT2D eigenvalue weighted by atomic mass is 16.5. The number of rotatable bonds is 7. The van der Waals surface area contributed by atoms with Crippen LogP contribution in [0.5, 0.6) is 11.5 Å². The van der Waals surface area contributed by atoms with Gasteiger partial charge in [0.2, 0.25) is 0 Å². The lowest BCUT2D eigenvalue weighted by Crippen LogP contribution is -1.98. The van der Waals surface area contributed by atoms with Crippen LogP contribution < -0.4 is 9.47 Å². The summed E-state index contributed by atoms with van der Waals surface area (Å²) >= 11 is 0. The molecule has 3 heteroatoms. The van der Waals surface area contributed by atoms with Gasteiger partial charge in [-0.05, 0) is 30.2 Å². The summed E-state index contributed by atoms with van der Waals surface area (Å²) in [5.41, 5.74) is 0.914. The van der Waals surface area contributed by atoms with E-state index in [0.717, 1.165) is 30.4 Å². The maximum absolute atomic E-state index is 10.2. The molecule has 17 heavy (non-hydrogen) atoms. The van der Waals surface area contributed by atoms with E-state index < -0.39 is 0 Å². The largest absolute Gasteiger partial charge is 0.493 e. The predicted molar refractivity (Wildman–Crippen MR) is 68.5 cm³/mol. The Bertz CT molecular complexity index is 383. The van der Waals surface area contributed by atoms with E-state index in [1.807, 2.05) is 18.2 Å². The number of hydrogen-bond donors (Lipinski definition) is 0. The van der Waals surface area contributed by atoms with Crippen molar-refractivity contribution in [3.05, 3.63) is 29.8 Å². The molecule has 0 aliphatic rings. The molecule has 0 N–H and O–H groups in total. The van der Waals surface area contributed by atoms with Crippen LogP contribution in [-0.2, 0) is 4.79 Å². The number of allylic oxidation sites excluding steroid dienone is 1. The first kappa shape index (κ1) is 13.3. The maximum Gasteiger partial charge on any atom is 0.161 e. The zero-order chi connectivity index (χ0) is 12.5. The average molecular weight is 234 g/mol. The fraction of sp³-hybridized carbons (Fsp3) is 0.357. The Kier molecular flexibility index (Phi) is 5.86. The minimum absolute atomic E-state index is 0.689. The van der Waals surface area contributed by atoms with Crippen molar-refractivity contribution in [3.63, 3.8) is 0 Å². The van der Waals surface area contributed by atoms with E-state index in [9.17, 15) is 4.79 Å². The molecule has 1 aromatic rings. The molecule has 0 aromatic heterocycles. The van der Waals surface area contributed by atoms with Crippen LogP contribution in [0.3, 0.4) is 0 Å². The molecule has 0 radical (unpaired) electrons. The first-order chi connectivity index (χ1) is 8.31. The molecule has 0 atom stereocenters. The first-order valence-electron chi connectivity index (χ1n) is 5.74. The summed E-state index contributed by atoms with van der Waals surface area (Å²) in [5.74, 6) is 1.43. The van der Waals surface area contributed by atoms with Crippen molar-refractivity contribution in [2.24, 2.45) is 0 Å². The summed E-state index contributed by atoms with van der Waals surface area (Å²) in [6.45, 7) is 2.81. The second-order valence-corrected chi connectivity index (χ2v) is 3.61. The Morgan fingerprint density at radius 1 is 1.29 bits per heavy atom. The Labute approximate surface area is 102 Å². The summed E-state index contributed by atoms with van der Waals surface area (Å²) in [6.07, 6.45) is 6.05. The quantitative estimate of drug-likeness (QED) is 0.413. The lowest BCUT2D eigenvalue weighted by molar-refractivity contribution is -0.104. The van der Waals surface area contributed by atoms with Crippen molar-refractivity contribution in [1.29, 1.82) is 0 Å². The Morgan fingerprint density at radius 3 is 2.76 bits per heavy atom. The van der Waals surface area contributed by atoms with Crippen LogP contribution in [0.2, 0.25) is 0 Å². The van der Waals surface area contributed by atoms with Crippen LogP contribution in [0.4, 0.5) is 0 Å². The molecule has 0 unspecified atom stereocenters. The summed E-state index contributed by atoms with van der Waals surface area (Å²) in [7, 11) is 1.61. The molecule has 3 nitrogen and oxygen atoms in total. The molecule has 0 spiro atoms. The zero-order valence-corrected chi connectivity index (χ0v) is 10.3. The molecular weight excluding hydrogens is 216 g/mol. The monoisotopic (exact) mass is 234 g/mol. The number of carbonyl (C=O) groups excluding carboxylic acids is 1. The van der Waals surface area contributed by atoms with Gasteiger partial charge in [-0.2, -0.15) is 0 Å². The minimum atomic E-state index is 0.689. The summed E-state index contributed by atoms with van der Waals surface area (Å²) in [4.78, 5) is 10.2. The first-order valence-corrected chi connectivity index (χ1v) is 5.74. The third-order valence-electron chi connectivity index (χ3n) is 2.31. The molecular formula is C14H18O3. The normalized spacial score (nSPS) is 10.5. The van der Waals surface area contributed by atoms with Crippen molar-refractivity contribution in [3.8, 4) is 11.5 Å². The number of unbranched alkanes of at least 4 members (excludes halogenated alkanes) is 1. The van der Waals surface area contributed by atoms with Crippen molar-refractivity contribution in [2.45, 2.75) is 19.8 Å².